The van der Waals surface area contributed by atoms with Gasteiger partial charge in [-0.2, -0.15) is 0 Å². The first kappa shape index (κ1) is 16.0. The summed E-state index contributed by atoms with van der Waals surface area (Å²) in [6.45, 7) is 11.9. The van der Waals surface area contributed by atoms with Crippen LogP contribution >= 0.6 is 0 Å². The maximum absolute atomic E-state index is 3.49. The molecule has 1 aliphatic rings. The smallest absolute Gasteiger partial charge is 0.00669 e. The van der Waals surface area contributed by atoms with Crippen LogP contribution in [0, 0.1) is 5.92 Å². The molecule has 1 saturated heterocycles. The van der Waals surface area contributed by atoms with E-state index >= 15 is 0 Å². The van der Waals surface area contributed by atoms with Gasteiger partial charge in [0.2, 0.25) is 0 Å². The van der Waals surface area contributed by atoms with Gasteiger partial charge in [0.05, 0.1) is 0 Å². The Balaban J connectivity index is 2.09. The summed E-state index contributed by atoms with van der Waals surface area (Å²) in [6.07, 6.45) is 9.81. The molecule has 0 radical (unpaired) electrons. The molecule has 108 valence electrons. The fourth-order valence-electron chi connectivity index (χ4n) is 3.00. The quantitative estimate of drug-likeness (QED) is 0.632. The van der Waals surface area contributed by atoms with Gasteiger partial charge >= 0.3 is 0 Å². The Hall–Kier alpha value is -0.0800. The van der Waals surface area contributed by atoms with Gasteiger partial charge in [-0.05, 0) is 58.3 Å². The summed E-state index contributed by atoms with van der Waals surface area (Å²) >= 11 is 0. The largest absolute Gasteiger partial charge is 0.317 e. The fraction of sp³-hybridized carbons (Fsp3) is 1.00. The van der Waals surface area contributed by atoms with Crippen molar-refractivity contribution in [3.05, 3.63) is 0 Å². The Labute approximate surface area is 115 Å². The first-order valence-electron chi connectivity index (χ1n) is 8.22. The molecule has 1 aliphatic heterocycles. The van der Waals surface area contributed by atoms with Crippen molar-refractivity contribution in [3.8, 4) is 0 Å². The first-order valence-corrected chi connectivity index (χ1v) is 8.22. The topological polar surface area (TPSA) is 15.3 Å². The van der Waals surface area contributed by atoms with Crippen LogP contribution < -0.4 is 5.32 Å². The van der Waals surface area contributed by atoms with Gasteiger partial charge in [-0.1, -0.05) is 39.5 Å². The van der Waals surface area contributed by atoms with Crippen LogP contribution in [-0.4, -0.2) is 37.1 Å². The van der Waals surface area contributed by atoms with E-state index in [1.807, 2.05) is 0 Å². The molecule has 1 rings (SSSR count). The van der Waals surface area contributed by atoms with Crippen molar-refractivity contribution in [1.82, 2.24) is 10.2 Å². The molecular formula is C16H34N2. The molecule has 18 heavy (non-hydrogen) atoms. The summed E-state index contributed by atoms with van der Waals surface area (Å²) in [5, 5.41) is 3.49. The minimum Gasteiger partial charge on any atom is -0.317 e. The number of hydrogen-bond donors (Lipinski definition) is 1. The van der Waals surface area contributed by atoms with Crippen molar-refractivity contribution in [2.75, 3.05) is 26.2 Å². The molecule has 0 aromatic rings. The number of nitrogens with zero attached hydrogens (tertiary/aromatic N) is 1. The van der Waals surface area contributed by atoms with Crippen LogP contribution in [0.4, 0.5) is 0 Å². The number of hydrogen-bond acceptors (Lipinski definition) is 2. The predicted molar refractivity (Wildman–Crippen MR) is 81.1 cm³/mol. The number of rotatable bonds is 9. The lowest BCUT2D eigenvalue weighted by atomic mass is 9.95. The third-order valence-electron chi connectivity index (χ3n) is 4.43. The number of likely N-dealkylation sites (tertiary alicyclic amines) is 1. The number of unbranched alkanes of at least 4 members (excludes halogenated alkanes) is 3. The lowest BCUT2D eigenvalue weighted by Gasteiger charge is -2.36. The minimum atomic E-state index is 0.807. The Bertz CT molecular complexity index is 186. The lowest BCUT2D eigenvalue weighted by molar-refractivity contribution is 0.133. The van der Waals surface area contributed by atoms with Crippen LogP contribution in [0.25, 0.3) is 0 Å². The van der Waals surface area contributed by atoms with Gasteiger partial charge in [0, 0.05) is 6.04 Å². The zero-order valence-electron chi connectivity index (χ0n) is 12.9. The molecule has 0 aromatic heterocycles. The second kappa shape index (κ2) is 9.80. The SMILES string of the molecule is CCCCCCC(C)N1CCC(CNCC)CC1. The third-order valence-corrected chi connectivity index (χ3v) is 4.43. The molecule has 0 aromatic carbocycles. The average molecular weight is 254 g/mol. The lowest BCUT2D eigenvalue weighted by Crippen LogP contribution is -2.41. The van der Waals surface area contributed by atoms with Gasteiger partial charge in [0.25, 0.3) is 0 Å². The van der Waals surface area contributed by atoms with Gasteiger partial charge in [-0.15, -0.1) is 0 Å². The van der Waals surface area contributed by atoms with E-state index in [1.165, 1.54) is 64.6 Å². The molecule has 1 atom stereocenters. The van der Waals surface area contributed by atoms with E-state index in [0.29, 0.717) is 0 Å². The molecule has 0 spiro atoms. The van der Waals surface area contributed by atoms with E-state index < -0.39 is 0 Å². The summed E-state index contributed by atoms with van der Waals surface area (Å²) < 4.78 is 0. The molecule has 0 saturated carbocycles. The highest BCUT2D eigenvalue weighted by Crippen LogP contribution is 2.20. The summed E-state index contributed by atoms with van der Waals surface area (Å²) in [7, 11) is 0. The zero-order valence-corrected chi connectivity index (χ0v) is 12.9. The Morgan fingerprint density at radius 3 is 2.44 bits per heavy atom. The first-order chi connectivity index (χ1) is 8.77. The molecule has 1 N–H and O–H groups in total. The van der Waals surface area contributed by atoms with E-state index in [1.54, 1.807) is 0 Å². The maximum atomic E-state index is 3.49. The molecule has 1 heterocycles. The Morgan fingerprint density at radius 2 is 1.83 bits per heavy atom. The number of nitrogens with one attached hydrogen (secondary N) is 1. The van der Waals surface area contributed by atoms with Crippen LogP contribution in [0.3, 0.4) is 0 Å². The van der Waals surface area contributed by atoms with Crippen molar-refractivity contribution < 1.29 is 0 Å². The fourth-order valence-corrected chi connectivity index (χ4v) is 3.00. The summed E-state index contributed by atoms with van der Waals surface area (Å²) in [5.41, 5.74) is 0. The third kappa shape index (κ3) is 6.19. The maximum Gasteiger partial charge on any atom is 0.00669 e. The highest BCUT2D eigenvalue weighted by atomic mass is 15.2. The summed E-state index contributed by atoms with van der Waals surface area (Å²) in [6, 6.07) is 0.807. The van der Waals surface area contributed by atoms with Crippen LogP contribution in [0.1, 0.15) is 65.7 Å². The Kier molecular flexibility index (Phi) is 8.70. The van der Waals surface area contributed by atoms with E-state index in [-0.39, 0.29) is 0 Å². The predicted octanol–water partition coefficient (Wildman–Crippen LogP) is 3.67. The molecule has 0 aliphatic carbocycles. The van der Waals surface area contributed by atoms with Gasteiger partial charge in [-0.3, -0.25) is 0 Å². The second-order valence-corrected chi connectivity index (χ2v) is 5.99. The normalized spacial score (nSPS) is 20.2. The van der Waals surface area contributed by atoms with E-state index in [2.05, 4.69) is 31.0 Å². The van der Waals surface area contributed by atoms with Crippen molar-refractivity contribution >= 4 is 0 Å². The van der Waals surface area contributed by atoms with Crippen molar-refractivity contribution in [1.29, 1.82) is 0 Å². The van der Waals surface area contributed by atoms with Crippen molar-refractivity contribution in [2.24, 2.45) is 5.92 Å². The highest BCUT2D eigenvalue weighted by molar-refractivity contribution is 4.77. The summed E-state index contributed by atoms with van der Waals surface area (Å²) in [5.74, 6) is 0.925. The number of piperidine rings is 1. The molecule has 1 unspecified atom stereocenters. The van der Waals surface area contributed by atoms with Crippen LogP contribution in [0.2, 0.25) is 0 Å². The standard InChI is InChI=1S/C16H34N2/c1-4-6-7-8-9-15(3)18-12-10-16(11-13-18)14-17-5-2/h15-17H,4-14H2,1-3H3. The second-order valence-electron chi connectivity index (χ2n) is 5.99. The van der Waals surface area contributed by atoms with E-state index in [9.17, 15) is 0 Å². The minimum absolute atomic E-state index is 0.807. The van der Waals surface area contributed by atoms with Crippen LogP contribution in [0.5, 0.6) is 0 Å². The molecule has 0 amide bonds. The Morgan fingerprint density at radius 1 is 1.11 bits per heavy atom. The van der Waals surface area contributed by atoms with Gasteiger partial charge < -0.3 is 10.2 Å². The molecule has 0 bridgehead atoms. The van der Waals surface area contributed by atoms with Gasteiger partial charge in [0.1, 0.15) is 0 Å². The average Bonchev–Trinajstić information content (AvgIpc) is 2.41. The molecular weight excluding hydrogens is 220 g/mol. The highest BCUT2D eigenvalue weighted by Gasteiger charge is 2.21. The van der Waals surface area contributed by atoms with Crippen molar-refractivity contribution in [2.45, 2.75) is 71.8 Å². The molecule has 1 fully saturated rings. The summed E-state index contributed by atoms with van der Waals surface area (Å²) in [4.78, 5) is 2.72. The van der Waals surface area contributed by atoms with E-state index in [0.717, 1.165) is 18.5 Å². The zero-order chi connectivity index (χ0) is 13.2. The van der Waals surface area contributed by atoms with Crippen LogP contribution in [0.15, 0.2) is 0 Å². The van der Waals surface area contributed by atoms with Gasteiger partial charge in [-0.25, -0.2) is 0 Å². The van der Waals surface area contributed by atoms with Crippen LogP contribution in [-0.2, 0) is 0 Å². The van der Waals surface area contributed by atoms with Crippen molar-refractivity contribution in [3.63, 3.8) is 0 Å². The molecule has 2 nitrogen and oxygen atoms in total. The molecule has 2 heteroatoms. The van der Waals surface area contributed by atoms with Gasteiger partial charge in [0.15, 0.2) is 0 Å². The monoisotopic (exact) mass is 254 g/mol. The van der Waals surface area contributed by atoms with E-state index in [4.69, 9.17) is 0 Å².